The Morgan fingerprint density at radius 3 is 1.59 bits per heavy atom. The molecule has 0 amide bonds. The number of hydrogen-bond donors (Lipinski definition) is 2. The van der Waals surface area contributed by atoms with Crippen LogP contribution in [0.1, 0.15) is 168 Å². The van der Waals surface area contributed by atoms with Gasteiger partial charge in [-0.3, -0.25) is 9.59 Å². The van der Waals surface area contributed by atoms with Gasteiger partial charge in [-0.25, -0.2) is 0 Å². The lowest BCUT2D eigenvalue weighted by atomic mass is 10.0. The molecule has 0 aromatic rings. The van der Waals surface area contributed by atoms with E-state index in [1.54, 1.807) is 0 Å². The summed E-state index contributed by atoms with van der Waals surface area (Å²) in [7, 11) is 0. The molecular weight excluding hydrogens is 612 g/mol. The van der Waals surface area contributed by atoms with Gasteiger partial charge in [0.15, 0.2) is 0 Å². The number of hydrogen-bond acceptors (Lipinski definition) is 6. The molecule has 0 aliphatic heterocycles. The first-order chi connectivity index (χ1) is 23.8. The maximum absolute atomic E-state index is 12.0. The van der Waals surface area contributed by atoms with Gasteiger partial charge in [-0.2, -0.15) is 0 Å². The van der Waals surface area contributed by atoms with Gasteiger partial charge in [0.05, 0.1) is 6.10 Å². The van der Waals surface area contributed by atoms with E-state index in [-0.39, 0.29) is 31.6 Å². The highest BCUT2D eigenvalue weighted by atomic mass is 16.6. The molecule has 6 nitrogen and oxygen atoms in total. The van der Waals surface area contributed by atoms with Crippen molar-refractivity contribution < 1.29 is 29.3 Å². The van der Waals surface area contributed by atoms with Gasteiger partial charge < -0.3 is 19.7 Å². The first kappa shape index (κ1) is 46.6. The Hall–Kier alpha value is -2.44. The van der Waals surface area contributed by atoms with E-state index in [1.807, 2.05) is 37.3 Å². The number of carbonyl (C=O) groups is 2. The predicted octanol–water partition coefficient (Wildman–Crippen LogP) is 11.2. The van der Waals surface area contributed by atoms with E-state index in [0.29, 0.717) is 19.3 Å². The van der Waals surface area contributed by atoms with Crippen molar-refractivity contribution >= 4 is 11.9 Å². The second-order valence-corrected chi connectivity index (χ2v) is 13.7. The Bertz CT molecular complexity index is 900. The largest absolute Gasteiger partial charge is 0.463 e. The van der Waals surface area contributed by atoms with Gasteiger partial charge in [-0.1, -0.05) is 171 Å². The Morgan fingerprint density at radius 1 is 0.571 bits per heavy atom. The molecule has 1 unspecified atom stereocenters. The minimum Gasteiger partial charge on any atom is -0.463 e. The number of allylic oxidation sites excluding steroid dienone is 8. The molecule has 0 saturated carbocycles. The van der Waals surface area contributed by atoms with Crippen LogP contribution in [0, 0.1) is 5.92 Å². The molecule has 2 N–H and O–H groups in total. The maximum atomic E-state index is 12.0. The number of esters is 2. The Morgan fingerprint density at radius 2 is 1.04 bits per heavy atom. The molecule has 0 heterocycles. The van der Waals surface area contributed by atoms with Gasteiger partial charge in [0.1, 0.15) is 19.3 Å². The van der Waals surface area contributed by atoms with Crippen LogP contribution in [0.5, 0.6) is 0 Å². The molecule has 0 aliphatic carbocycles. The molecule has 6 heteroatoms. The van der Waals surface area contributed by atoms with Crippen LogP contribution in [0.2, 0.25) is 0 Å². The summed E-state index contributed by atoms with van der Waals surface area (Å²) in [6.07, 6.45) is 43.4. The molecule has 0 aromatic carbocycles. The molecule has 0 rings (SSSR count). The smallest absolute Gasteiger partial charge is 0.305 e. The van der Waals surface area contributed by atoms with E-state index in [0.717, 1.165) is 50.9 Å². The third-order valence-electron chi connectivity index (χ3n) is 8.27. The van der Waals surface area contributed by atoms with Crippen molar-refractivity contribution in [3.8, 4) is 0 Å². The highest BCUT2D eigenvalue weighted by molar-refractivity contribution is 5.69. The fourth-order valence-corrected chi connectivity index (χ4v) is 5.27. The molecule has 0 radical (unpaired) electrons. The maximum Gasteiger partial charge on any atom is 0.305 e. The quantitative estimate of drug-likeness (QED) is 0.0303. The first-order valence-electron chi connectivity index (χ1n) is 19.8. The summed E-state index contributed by atoms with van der Waals surface area (Å²) in [4.78, 5) is 23.9. The van der Waals surface area contributed by atoms with Crippen molar-refractivity contribution in [2.75, 3.05) is 13.2 Å². The highest BCUT2D eigenvalue weighted by Crippen LogP contribution is 2.15. The average molecular weight is 687 g/mol. The number of rotatable bonds is 34. The normalized spacial score (nSPS) is 13.6. The van der Waals surface area contributed by atoms with Gasteiger partial charge >= 0.3 is 11.9 Å². The lowest BCUT2D eigenvalue weighted by molar-refractivity contribution is -0.152. The van der Waals surface area contributed by atoms with Crippen molar-refractivity contribution in [3.05, 3.63) is 60.8 Å². The van der Waals surface area contributed by atoms with E-state index < -0.39 is 12.2 Å². The minimum atomic E-state index is -0.999. The summed E-state index contributed by atoms with van der Waals surface area (Å²) in [5.74, 6) is 0.190. The standard InChI is InChI=1S/C43H74O6/c1-4-5-33-40(44)34-29-25-21-17-13-10-11-15-19-23-27-31-36-43(47)49-38-41(45)37-48-42(46)35-30-26-22-18-14-9-7-6-8-12-16-20-24-28-32-39(2)3/h5,10-11,17,19,21,23,25,29,33,39-41,44-45H,4,6-9,12-16,18,20,22,24,26-28,30-32,34-38H2,1-3H3/b11-10-,21-17-,23-19-,29-25+,33-5-/t40?,41-/m0/s1. The summed E-state index contributed by atoms with van der Waals surface area (Å²) >= 11 is 0. The van der Waals surface area contributed by atoms with Crippen LogP contribution in [0.3, 0.4) is 0 Å². The molecule has 2 atom stereocenters. The Labute approximate surface area is 301 Å². The van der Waals surface area contributed by atoms with Crippen molar-refractivity contribution in [2.45, 2.75) is 181 Å². The van der Waals surface area contributed by atoms with Crippen LogP contribution in [-0.4, -0.2) is 47.6 Å². The number of unbranched alkanes of at least 4 members (excludes halogenated alkanes) is 14. The van der Waals surface area contributed by atoms with E-state index in [4.69, 9.17) is 9.47 Å². The fraction of sp³-hybridized carbons (Fsp3) is 0.721. The third kappa shape index (κ3) is 38.2. The molecule has 0 aromatic heterocycles. The molecule has 49 heavy (non-hydrogen) atoms. The third-order valence-corrected chi connectivity index (χ3v) is 8.27. The van der Waals surface area contributed by atoms with E-state index in [9.17, 15) is 19.8 Å². The lowest BCUT2D eigenvalue weighted by Gasteiger charge is -2.12. The molecular formula is C43H74O6. The summed E-state index contributed by atoms with van der Waals surface area (Å²) in [6.45, 7) is 6.36. The number of carbonyl (C=O) groups excluding carboxylic acids is 2. The van der Waals surface area contributed by atoms with Crippen molar-refractivity contribution in [3.63, 3.8) is 0 Å². The molecule has 0 spiro atoms. The summed E-state index contributed by atoms with van der Waals surface area (Å²) < 4.78 is 10.3. The molecule has 0 bridgehead atoms. The summed E-state index contributed by atoms with van der Waals surface area (Å²) in [6, 6.07) is 0. The van der Waals surface area contributed by atoms with E-state index in [2.05, 4.69) is 44.2 Å². The second-order valence-electron chi connectivity index (χ2n) is 13.7. The Balaban J connectivity index is 3.57. The van der Waals surface area contributed by atoms with E-state index in [1.165, 1.54) is 77.0 Å². The number of aliphatic hydroxyl groups excluding tert-OH is 2. The lowest BCUT2D eigenvalue weighted by Crippen LogP contribution is -2.25. The van der Waals surface area contributed by atoms with Crippen LogP contribution in [-0.2, 0) is 19.1 Å². The molecule has 0 aliphatic rings. The zero-order valence-corrected chi connectivity index (χ0v) is 31.7. The van der Waals surface area contributed by atoms with Crippen molar-refractivity contribution in [1.82, 2.24) is 0 Å². The molecule has 0 saturated heterocycles. The molecule has 0 fully saturated rings. The topological polar surface area (TPSA) is 93.1 Å². The molecule has 282 valence electrons. The van der Waals surface area contributed by atoms with Gasteiger partial charge in [-0.15, -0.1) is 0 Å². The van der Waals surface area contributed by atoms with Crippen molar-refractivity contribution in [1.29, 1.82) is 0 Å². The highest BCUT2D eigenvalue weighted by Gasteiger charge is 2.12. The predicted molar refractivity (Wildman–Crippen MR) is 206 cm³/mol. The van der Waals surface area contributed by atoms with Crippen LogP contribution in [0.15, 0.2) is 60.8 Å². The summed E-state index contributed by atoms with van der Waals surface area (Å²) in [5.41, 5.74) is 0. The van der Waals surface area contributed by atoms with Gasteiger partial charge in [0, 0.05) is 12.8 Å². The first-order valence-corrected chi connectivity index (χ1v) is 19.8. The number of aliphatic hydroxyl groups is 2. The van der Waals surface area contributed by atoms with Gasteiger partial charge in [0.2, 0.25) is 0 Å². The van der Waals surface area contributed by atoms with Crippen LogP contribution in [0.25, 0.3) is 0 Å². The second kappa shape index (κ2) is 36.8. The summed E-state index contributed by atoms with van der Waals surface area (Å²) in [5, 5.41) is 19.7. The van der Waals surface area contributed by atoms with E-state index >= 15 is 0 Å². The number of ether oxygens (including phenoxy) is 2. The minimum absolute atomic E-state index is 0.145. The van der Waals surface area contributed by atoms with Gasteiger partial charge in [0.25, 0.3) is 0 Å². The SMILES string of the molecule is CC/C=C\C(O)C/C=C/C=C\C/C=C\C/C=C\CCCC(=O)OC[C@@H](O)COC(=O)CCCCCCCCCCCCCCCCC(C)C. The zero-order valence-electron chi connectivity index (χ0n) is 31.7. The fourth-order valence-electron chi connectivity index (χ4n) is 5.27. The average Bonchev–Trinajstić information content (AvgIpc) is 3.08. The monoisotopic (exact) mass is 687 g/mol. The van der Waals surface area contributed by atoms with Crippen LogP contribution < -0.4 is 0 Å². The van der Waals surface area contributed by atoms with Crippen molar-refractivity contribution in [2.24, 2.45) is 5.92 Å². The van der Waals surface area contributed by atoms with Crippen LogP contribution >= 0.6 is 0 Å². The van der Waals surface area contributed by atoms with Gasteiger partial charge in [-0.05, 0) is 50.9 Å². The zero-order chi connectivity index (χ0) is 36.0. The Kier molecular flexibility index (Phi) is 35.0. The van der Waals surface area contributed by atoms with Crippen LogP contribution in [0.4, 0.5) is 0 Å².